The summed E-state index contributed by atoms with van der Waals surface area (Å²) in [5, 5.41) is 3.47. The fraction of sp³-hybridized carbons (Fsp3) is 0.588. The summed E-state index contributed by atoms with van der Waals surface area (Å²) in [6.07, 6.45) is 0.720. The zero-order valence-corrected chi connectivity index (χ0v) is 13.3. The van der Waals surface area contributed by atoms with Crippen LogP contribution in [0.5, 0.6) is 0 Å². The van der Waals surface area contributed by atoms with E-state index >= 15 is 0 Å². The first-order chi connectivity index (χ1) is 9.40. The highest BCUT2D eigenvalue weighted by Crippen LogP contribution is 2.33. The minimum absolute atomic E-state index is 0.0151. The first-order valence-electron chi connectivity index (χ1n) is 7.37. The normalized spacial score (nSPS) is 14.7. The number of ether oxygens (including phenoxy) is 1. The maximum atomic E-state index is 12.0. The summed E-state index contributed by atoms with van der Waals surface area (Å²) < 4.78 is 5.14. The third kappa shape index (κ3) is 4.64. The summed E-state index contributed by atoms with van der Waals surface area (Å²) in [5.74, 6) is -0.166. The van der Waals surface area contributed by atoms with E-state index in [9.17, 15) is 4.79 Å². The summed E-state index contributed by atoms with van der Waals surface area (Å²) in [5.41, 5.74) is 1.21. The van der Waals surface area contributed by atoms with Gasteiger partial charge in [0.1, 0.15) is 6.04 Å². The Bertz CT molecular complexity index is 409. The Balaban J connectivity index is 2.93. The van der Waals surface area contributed by atoms with E-state index in [4.69, 9.17) is 4.74 Å². The first-order valence-corrected chi connectivity index (χ1v) is 7.37. The maximum absolute atomic E-state index is 12.0. The summed E-state index contributed by atoms with van der Waals surface area (Å²) in [4.78, 5) is 12.0. The van der Waals surface area contributed by atoms with E-state index in [0.29, 0.717) is 6.61 Å². The number of rotatable bonds is 6. The summed E-state index contributed by atoms with van der Waals surface area (Å²) >= 11 is 0. The van der Waals surface area contributed by atoms with Crippen LogP contribution in [0.2, 0.25) is 0 Å². The largest absolute Gasteiger partial charge is 0.465 e. The van der Waals surface area contributed by atoms with E-state index in [-0.39, 0.29) is 23.5 Å². The Hall–Kier alpha value is -1.35. The molecule has 0 unspecified atom stereocenters. The lowest BCUT2D eigenvalue weighted by atomic mass is 9.82. The fourth-order valence-electron chi connectivity index (χ4n) is 2.29. The number of hydrogen-bond acceptors (Lipinski definition) is 3. The molecule has 20 heavy (non-hydrogen) atoms. The minimum Gasteiger partial charge on any atom is -0.465 e. The molecule has 1 N–H and O–H groups in total. The number of benzene rings is 1. The molecule has 0 bridgehead atoms. The van der Waals surface area contributed by atoms with Crippen LogP contribution in [-0.2, 0) is 9.53 Å². The van der Waals surface area contributed by atoms with Crippen molar-refractivity contribution in [1.29, 1.82) is 0 Å². The minimum atomic E-state index is -0.264. The van der Waals surface area contributed by atoms with Gasteiger partial charge < -0.3 is 4.74 Å². The lowest BCUT2D eigenvalue weighted by Gasteiger charge is -2.34. The SMILES string of the molecule is CCOC(=O)[C@H](CC)N[C@H](c1ccccc1)C(C)(C)C. The molecule has 0 aromatic heterocycles. The zero-order chi connectivity index (χ0) is 15.2. The van der Waals surface area contributed by atoms with Gasteiger partial charge in [0.15, 0.2) is 0 Å². The van der Waals surface area contributed by atoms with Crippen molar-refractivity contribution in [2.24, 2.45) is 5.41 Å². The molecular weight excluding hydrogens is 250 g/mol. The highest BCUT2D eigenvalue weighted by molar-refractivity contribution is 5.75. The molecule has 0 aliphatic rings. The smallest absolute Gasteiger partial charge is 0.323 e. The van der Waals surface area contributed by atoms with E-state index in [0.717, 1.165) is 6.42 Å². The highest BCUT2D eigenvalue weighted by Gasteiger charge is 2.30. The average Bonchev–Trinajstić information content (AvgIpc) is 2.39. The topological polar surface area (TPSA) is 38.3 Å². The predicted molar refractivity (Wildman–Crippen MR) is 82.5 cm³/mol. The van der Waals surface area contributed by atoms with Crippen LogP contribution in [0, 0.1) is 5.41 Å². The molecule has 0 radical (unpaired) electrons. The third-order valence-electron chi connectivity index (χ3n) is 3.35. The lowest BCUT2D eigenvalue weighted by molar-refractivity contribution is -0.146. The van der Waals surface area contributed by atoms with Crippen molar-refractivity contribution >= 4 is 5.97 Å². The number of hydrogen-bond donors (Lipinski definition) is 1. The molecule has 0 amide bonds. The molecule has 2 atom stereocenters. The second-order valence-electron chi connectivity index (χ2n) is 6.09. The maximum Gasteiger partial charge on any atom is 0.323 e. The molecule has 1 aromatic carbocycles. The van der Waals surface area contributed by atoms with Crippen molar-refractivity contribution in [3.63, 3.8) is 0 Å². The van der Waals surface area contributed by atoms with Crippen LogP contribution >= 0.6 is 0 Å². The summed E-state index contributed by atoms with van der Waals surface area (Å²) in [6, 6.07) is 10.1. The van der Waals surface area contributed by atoms with Gasteiger partial charge in [-0.3, -0.25) is 10.1 Å². The van der Waals surface area contributed by atoms with Gasteiger partial charge in [0.2, 0.25) is 0 Å². The van der Waals surface area contributed by atoms with Gasteiger partial charge in [-0.05, 0) is 24.3 Å². The fourth-order valence-corrected chi connectivity index (χ4v) is 2.29. The molecular formula is C17H27NO2. The van der Waals surface area contributed by atoms with E-state index in [2.05, 4.69) is 38.2 Å². The van der Waals surface area contributed by atoms with Gasteiger partial charge in [-0.15, -0.1) is 0 Å². The molecule has 0 saturated carbocycles. The Morgan fingerprint density at radius 3 is 2.25 bits per heavy atom. The summed E-state index contributed by atoms with van der Waals surface area (Å²) in [6.45, 7) is 10.8. The Morgan fingerprint density at radius 2 is 1.80 bits per heavy atom. The number of nitrogens with one attached hydrogen (secondary N) is 1. The van der Waals surface area contributed by atoms with Crippen LogP contribution in [0.1, 0.15) is 52.6 Å². The zero-order valence-electron chi connectivity index (χ0n) is 13.3. The van der Waals surface area contributed by atoms with Gasteiger partial charge >= 0.3 is 5.97 Å². The van der Waals surface area contributed by atoms with Crippen molar-refractivity contribution in [3.05, 3.63) is 35.9 Å². The van der Waals surface area contributed by atoms with Gasteiger partial charge in [-0.2, -0.15) is 0 Å². The highest BCUT2D eigenvalue weighted by atomic mass is 16.5. The Kier molecular flexibility index (Phi) is 6.21. The number of esters is 1. The molecule has 3 nitrogen and oxygen atoms in total. The van der Waals surface area contributed by atoms with E-state index in [1.807, 2.05) is 32.0 Å². The van der Waals surface area contributed by atoms with E-state index < -0.39 is 0 Å². The van der Waals surface area contributed by atoms with Crippen molar-refractivity contribution in [2.75, 3.05) is 6.61 Å². The first kappa shape index (κ1) is 16.7. The van der Waals surface area contributed by atoms with Crippen LogP contribution in [0.15, 0.2) is 30.3 Å². The quantitative estimate of drug-likeness (QED) is 0.806. The van der Waals surface area contributed by atoms with Crippen LogP contribution in [0.25, 0.3) is 0 Å². The molecule has 0 fully saturated rings. The Morgan fingerprint density at radius 1 is 1.20 bits per heavy atom. The standard InChI is InChI=1S/C17H27NO2/c1-6-14(16(19)20-7-2)18-15(17(3,4)5)13-11-9-8-10-12-13/h8-12,14-15,18H,6-7H2,1-5H3/t14-,15+/m0/s1. The van der Waals surface area contributed by atoms with Gasteiger partial charge in [-0.25, -0.2) is 0 Å². The molecule has 0 heterocycles. The van der Waals surface area contributed by atoms with Gasteiger partial charge in [0.25, 0.3) is 0 Å². The van der Waals surface area contributed by atoms with Gasteiger partial charge in [-0.1, -0.05) is 58.0 Å². The van der Waals surface area contributed by atoms with Crippen molar-refractivity contribution < 1.29 is 9.53 Å². The van der Waals surface area contributed by atoms with Crippen molar-refractivity contribution in [2.45, 2.75) is 53.1 Å². The molecule has 0 saturated heterocycles. The van der Waals surface area contributed by atoms with Crippen LogP contribution < -0.4 is 5.32 Å². The van der Waals surface area contributed by atoms with Crippen LogP contribution in [0.4, 0.5) is 0 Å². The number of carbonyl (C=O) groups is 1. The molecule has 1 aromatic rings. The molecule has 1 rings (SSSR count). The molecule has 0 aliphatic heterocycles. The molecule has 112 valence electrons. The van der Waals surface area contributed by atoms with E-state index in [1.54, 1.807) is 0 Å². The van der Waals surface area contributed by atoms with Gasteiger partial charge in [0, 0.05) is 6.04 Å². The third-order valence-corrected chi connectivity index (χ3v) is 3.35. The summed E-state index contributed by atoms with van der Waals surface area (Å²) in [7, 11) is 0. The van der Waals surface area contributed by atoms with Crippen molar-refractivity contribution in [3.8, 4) is 0 Å². The van der Waals surface area contributed by atoms with E-state index in [1.165, 1.54) is 5.56 Å². The van der Waals surface area contributed by atoms with Gasteiger partial charge in [0.05, 0.1) is 6.61 Å². The van der Waals surface area contributed by atoms with Crippen LogP contribution in [0.3, 0.4) is 0 Å². The molecule has 0 spiro atoms. The lowest BCUT2D eigenvalue weighted by Crippen LogP contribution is -2.44. The number of carbonyl (C=O) groups excluding carboxylic acids is 1. The monoisotopic (exact) mass is 277 g/mol. The van der Waals surface area contributed by atoms with Crippen molar-refractivity contribution in [1.82, 2.24) is 5.32 Å². The average molecular weight is 277 g/mol. The predicted octanol–water partition coefficient (Wildman–Crippen LogP) is 3.71. The molecule has 3 heteroatoms. The second kappa shape index (κ2) is 7.44. The second-order valence-corrected chi connectivity index (χ2v) is 6.09. The van der Waals surface area contributed by atoms with Crippen LogP contribution in [-0.4, -0.2) is 18.6 Å². The Labute approximate surface area is 122 Å². The molecule has 0 aliphatic carbocycles.